The number of carbonyl (C=O) groups is 2. The van der Waals surface area contributed by atoms with Gasteiger partial charge in [-0.1, -0.05) is 72.3 Å². The van der Waals surface area contributed by atoms with Crippen LogP contribution < -0.4 is 9.64 Å². The Balaban J connectivity index is 1.35. The maximum absolute atomic E-state index is 12.9. The van der Waals surface area contributed by atoms with Crippen molar-refractivity contribution in [1.29, 1.82) is 0 Å². The quantitative estimate of drug-likeness (QED) is 0.286. The van der Waals surface area contributed by atoms with Gasteiger partial charge in [0.2, 0.25) is 0 Å². The van der Waals surface area contributed by atoms with E-state index in [0.29, 0.717) is 28.0 Å². The van der Waals surface area contributed by atoms with Crippen molar-refractivity contribution in [2.45, 2.75) is 6.61 Å². The maximum atomic E-state index is 12.9. The van der Waals surface area contributed by atoms with Gasteiger partial charge in [-0.2, -0.15) is 0 Å². The van der Waals surface area contributed by atoms with E-state index >= 15 is 0 Å². The zero-order valence-corrected chi connectivity index (χ0v) is 19.0. The van der Waals surface area contributed by atoms with E-state index in [4.69, 9.17) is 16.3 Å². The van der Waals surface area contributed by atoms with Crippen molar-refractivity contribution in [2.24, 2.45) is 0 Å². The third-order valence-corrected chi connectivity index (χ3v) is 6.39. The molecule has 0 aromatic heterocycles. The minimum atomic E-state index is -0.366. The fraction of sp³-hybridized carbons (Fsp3) is 0.0370. The van der Waals surface area contributed by atoms with Crippen LogP contribution in [0.15, 0.2) is 95.9 Å². The molecule has 0 saturated carbocycles. The molecule has 1 aliphatic rings. The Kier molecular flexibility index (Phi) is 5.90. The Labute approximate surface area is 200 Å². The molecular formula is C27H18ClNO3S. The summed E-state index contributed by atoms with van der Waals surface area (Å²) < 4.78 is 6.04. The largest absolute Gasteiger partial charge is 0.489 e. The van der Waals surface area contributed by atoms with E-state index in [1.807, 2.05) is 42.5 Å². The Hall–Kier alpha value is -3.54. The molecule has 1 fully saturated rings. The molecule has 4 aromatic rings. The SMILES string of the molecule is O=C1S/C(=C/c2cccc(OCc3cccc4ccccc34)c2)C(=O)N1c1cccc(Cl)c1. The van der Waals surface area contributed by atoms with E-state index in [-0.39, 0.29) is 11.1 Å². The van der Waals surface area contributed by atoms with E-state index in [0.717, 1.165) is 33.2 Å². The fourth-order valence-corrected chi connectivity index (χ4v) is 4.76. The van der Waals surface area contributed by atoms with E-state index < -0.39 is 0 Å². The summed E-state index contributed by atoms with van der Waals surface area (Å²) in [6.07, 6.45) is 1.71. The van der Waals surface area contributed by atoms with Crippen molar-refractivity contribution >= 4 is 57.0 Å². The average molecular weight is 472 g/mol. The summed E-state index contributed by atoms with van der Waals surface area (Å²) in [6, 6.07) is 28.5. The van der Waals surface area contributed by atoms with Crippen LogP contribution in [0.1, 0.15) is 11.1 Å². The molecule has 6 heteroatoms. The van der Waals surface area contributed by atoms with Crippen LogP contribution in [0.2, 0.25) is 5.02 Å². The Bertz CT molecular complexity index is 1410. The van der Waals surface area contributed by atoms with Crippen molar-refractivity contribution in [2.75, 3.05) is 4.90 Å². The lowest BCUT2D eigenvalue weighted by molar-refractivity contribution is -0.113. The lowest BCUT2D eigenvalue weighted by atomic mass is 10.1. The highest BCUT2D eigenvalue weighted by Crippen LogP contribution is 2.36. The second kappa shape index (κ2) is 9.14. The smallest absolute Gasteiger partial charge is 0.298 e. The number of amides is 2. The van der Waals surface area contributed by atoms with E-state index in [9.17, 15) is 9.59 Å². The van der Waals surface area contributed by atoms with Crippen LogP contribution in [0.3, 0.4) is 0 Å². The van der Waals surface area contributed by atoms with Gasteiger partial charge in [0.1, 0.15) is 12.4 Å². The molecule has 33 heavy (non-hydrogen) atoms. The van der Waals surface area contributed by atoms with Gasteiger partial charge in [-0.3, -0.25) is 9.59 Å². The highest BCUT2D eigenvalue weighted by molar-refractivity contribution is 8.19. The summed E-state index contributed by atoms with van der Waals surface area (Å²) in [5.74, 6) is 0.320. The van der Waals surface area contributed by atoms with Crippen molar-refractivity contribution in [3.8, 4) is 5.75 Å². The van der Waals surface area contributed by atoms with Crippen molar-refractivity contribution in [3.05, 3.63) is 112 Å². The van der Waals surface area contributed by atoms with Crippen molar-refractivity contribution < 1.29 is 14.3 Å². The van der Waals surface area contributed by atoms with Gasteiger partial charge >= 0.3 is 0 Å². The number of fused-ring (bicyclic) bond motifs is 1. The van der Waals surface area contributed by atoms with Gasteiger partial charge in [-0.25, -0.2) is 4.90 Å². The number of ether oxygens (including phenoxy) is 1. The molecule has 0 spiro atoms. The molecule has 1 heterocycles. The van der Waals surface area contributed by atoms with Crippen LogP contribution in [0.25, 0.3) is 16.8 Å². The van der Waals surface area contributed by atoms with Crippen molar-refractivity contribution in [1.82, 2.24) is 0 Å². The van der Waals surface area contributed by atoms with Gasteiger partial charge in [0.15, 0.2) is 0 Å². The molecule has 1 saturated heterocycles. The predicted molar refractivity (Wildman–Crippen MR) is 135 cm³/mol. The first kappa shape index (κ1) is 21.3. The number of rotatable bonds is 5. The summed E-state index contributed by atoms with van der Waals surface area (Å²) in [6.45, 7) is 0.427. The van der Waals surface area contributed by atoms with Gasteiger partial charge in [-0.05, 0) is 70.1 Å². The second-order valence-corrected chi connectivity index (χ2v) is 8.93. The van der Waals surface area contributed by atoms with Gasteiger partial charge in [0, 0.05) is 5.02 Å². The zero-order chi connectivity index (χ0) is 22.8. The molecule has 0 unspecified atom stereocenters. The topological polar surface area (TPSA) is 46.6 Å². The predicted octanol–water partition coefficient (Wildman–Crippen LogP) is 7.31. The first-order chi connectivity index (χ1) is 16.1. The highest BCUT2D eigenvalue weighted by atomic mass is 35.5. The Morgan fingerprint density at radius 3 is 2.55 bits per heavy atom. The minimum Gasteiger partial charge on any atom is -0.489 e. The number of thioether (sulfide) groups is 1. The number of hydrogen-bond acceptors (Lipinski definition) is 4. The molecule has 4 nitrogen and oxygen atoms in total. The molecular weight excluding hydrogens is 454 g/mol. The molecule has 1 aliphatic heterocycles. The number of hydrogen-bond donors (Lipinski definition) is 0. The molecule has 0 bridgehead atoms. The van der Waals surface area contributed by atoms with Crippen LogP contribution in [0.5, 0.6) is 5.75 Å². The van der Waals surface area contributed by atoms with Crippen molar-refractivity contribution in [3.63, 3.8) is 0 Å². The van der Waals surface area contributed by atoms with Gasteiger partial charge in [-0.15, -0.1) is 0 Å². The second-order valence-electron chi connectivity index (χ2n) is 7.50. The van der Waals surface area contributed by atoms with Crippen LogP contribution in [0, 0.1) is 0 Å². The lowest BCUT2D eigenvalue weighted by Crippen LogP contribution is -2.27. The minimum absolute atomic E-state index is 0.350. The third kappa shape index (κ3) is 4.51. The molecule has 162 valence electrons. The summed E-state index contributed by atoms with van der Waals surface area (Å²) in [4.78, 5) is 26.9. The molecule has 0 N–H and O–H groups in total. The van der Waals surface area contributed by atoms with Gasteiger partial charge < -0.3 is 4.74 Å². The normalized spacial score (nSPS) is 14.9. The molecule has 5 rings (SSSR count). The lowest BCUT2D eigenvalue weighted by Gasteiger charge is -2.12. The molecule has 0 radical (unpaired) electrons. The number of benzene rings is 4. The van der Waals surface area contributed by atoms with E-state index in [1.54, 1.807) is 30.3 Å². The zero-order valence-electron chi connectivity index (χ0n) is 17.4. The Morgan fingerprint density at radius 1 is 0.879 bits per heavy atom. The first-order valence-corrected chi connectivity index (χ1v) is 11.5. The van der Waals surface area contributed by atoms with Gasteiger partial charge in [0.05, 0.1) is 10.6 Å². The van der Waals surface area contributed by atoms with Crippen LogP contribution in [0.4, 0.5) is 10.5 Å². The number of nitrogens with zero attached hydrogens (tertiary/aromatic N) is 1. The first-order valence-electron chi connectivity index (χ1n) is 10.3. The molecule has 0 aliphatic carbocycles. The molecule has 4 aromatic carbocycles. The Morgan fingerprint density at radius 2 is 1.67 bits per heavy atom. The number of imide groups is 1. The highest BCUT2D eigenvalue weighted by Gasteiger charge is 2.36. The van der Waals surface area contributed by atoms with Crippen LogP contribution in [-0.4, -0.2) is 11.1 Å². The van der Waals surface area contributed by atoms with Crippen LogP contribution >= 0.6 is 23.4 Å². The third-order valence-electron chi connectivity index (χ3n) is 5.29. The van der Waals surface area contributed by atoms with E-state index in [1.165, 1.54) is 5.39 Å². The number of halogens is 1. The number of carbonyl (C=O) groups excluding carboxylic acids is 2. The number of anilines is 1. The molecule has 2 amide bonds. The van der Waals surface area contributed by atoms with Crippen LogP contribution in [-0.2, 0) is 11.4 Å². The maximum Gasteiger partial charge on any atom is 0.298 e. The summed E-state index contributed by atoms with van der Waals surface area (Å²) in [7, 11) is 0. The summed E-state index contributed by atoms with van der Waals surface area (Å²) >= 11 is 6.93. The fourth-order valence-electron chi connectivity index (χ4n) is 3.73. The summed E-state index contributed by atoms with van der Waals surface area (Å²) in [5, 5.41) is 2.44. The molecule has 0 atom stereocenters. The standard InChI is InChI=1S/C27H18ClNO3S/c28-21-10-5-11-22(16-21)29-26(30)25(33-27(29)31)15-18-6-3-12-23(14-18)32-17-20-9-4-8-19-7-1-2-13-24(19)20/h1-16H,17H2/b25-15+. The van der Waals surface area contributed by atoms with Gasteiger partial charge in [0.25, 0.3) is 11.1 Å². The van der Waals surface area contributed by atoms with E-state index in [2.05, 4.69) is 24.3 Å². The average Bonchev–Trinajstić information content (AvgIpc) is 3.10. The summed E-state index contributed by atoms with van der Waals surface area (Å²) in [5.41, 5.74) is 2.34. The monoisotopic (exact) mass is 471 g/mol.